The summed E-state index contributed by atoms with van der Waals surface area (Å²) in [7, 11) is 0. The summed E-state index contributed by atoms with van der Waals surface area (Å²) in [5.41, 5.74) is 1.81. The zero-order valence-corrected chi connectivity index (χ0v) is 11.6. The number of aliphatic hydroxyl groups excluding tert-OH is 1. The van der Waals surface area contributed by atoms with Crippen LogP contribution in [0.25, 0.3) is 6.08 Å². The van der Waals surface area contributed by atoms with Gasteiger partial charge in [-0.05, 0) is 25.0 Å². The molecule has 0 saturated carbocycles. The summed E-state index contributed by atoms with van der Waals surface area (Å²) in [6.45, 7) is 3.86. The van der Waals surface area contributed by atoms with Gasteiger partial charge in [-0.1, -0.05) is 36.4 Å². The van der Waals surface area contributed by atoms with E-state index in [9.17, 15) is 9.90 Å². The largest absolute Gasteiger partial charge is 0.480 e. The fourth-order valence-electron chi connectivity index (χ4n) is 2.14. The molecule has 0 bridgehead atoms. The van der Waals surface area contributed by atoms with Crippen molar-refractivity contribution in [2.75, 3.05) is 6.61 Å². The van der Waals surface area contributed by atoms with Crippen molar-refractivity contribution in [2.24, 2.45) is 0 Å². The first-order valence-electron chi connectivity index (χ1n) is 6.64. The van der Waals surface area contributed by atoms with Crippen LogP contribution in [0.3, 0.4) is 0 Å². The molecule has 0 radical (unpaired) electrons. The van der Waals surface area contributed by atoms with Gasteiger partial charge in [0.1, 0.15) is 11.7 Å². The number of ether oxygens (including phenoxy) is 2. The van der Waals surface area contributed by atoms with Crippen molar-refractivity contribution in [1.29, 1.82) is 0 Å². The van der Waals surface area contributed by atoms with Crippen molar-refractivity contribution < 1.29 is 19.4 Å². The lowest BCUT2D eigenvalue weighted by molar-refractivity contribution is -0.145. The topological polar surface area (TPSA) is 55.8 Å². The standard InChI is InChI=1S/C16H18O4/c1-3-19-15(17)14-13(9-11(2)20-16(14)18)10-12-7-5-4-6-8-12/h4-8,10-11,17H,3,9H2,1-2H3/b13-10?,15-14-. The molecule has 1 N–H and O–H groups in total. The van der Waals surface area contributed by atoms with Gasteiger partial charge in [0.05, 0.1) is 6.61 Å². The van der Waals surface area contributed by atoms with E-state index in [1.54, 1.807) is 6.92 Å². The molecule has 1 heterocycles. The Hall–Kier alpha value is -2.23. The summed E-state index contributed by atoms with van der Waals surface area (Å²) in [5, 5.41) is 9.89. The molecule has 1 aromatic carbocycles. The van der Waals surface area contributed by atoms with E-state index < -0.39 is 5.97 Å². The molecule has 2 rings (SSSR count). The fraction of sp³-hybridized carbons (Fsp3) is 0.312. The number of cyclic esters (lactones) is 1. The number of benzene rings is 1. The second kappa shape index (κ2) is 6.28. The molecule has 1 atom stereocenters. The Morgan fingerprint density at radius 2 is 2.15 bits per heavy atom. The number of carbonyl (C=O) groups excluding carboxylic acids is 1. The van der Waals surface area contributed by atoms with Crippen molar-refractivity contribution in [3.05, 3.63) is 53.0 Å². The van der Waals surface area contributed by atoms with Gasteiger partial charge >= 0.3 is 5.97 Å². The van der Waals surface area contributed by atoms with Gasteiger partial charge in [-0.2, -0.15) is 0 Å². The third kappa shape index (κ3) is 3.20. The molecule has 1 fully saturated rings. The van der Waals surface area contributed by atoms with Crippen LogP contribution in [0.1, 0.15) is 25.8 Å². The quantitative estimate of drug-likeness (QED) is 0.522. The Labute approximate surface area is 118 Å². The van der Waals surface area contributed by atoms with Crippen LogP contribution >= 0.6 is 0 Å². The predicted octanol–water partition coefficient (Wildman–Crippen LogP) is 3.21. The Bertz CT molecular complexity index is 543. The predicted molar refractivity (Wildman–Crippen MR) is 75.9 cm³/mol. The Kier molecular flexibility index (Phi) is 4.45. The number of carbonyl (C=O) groups is 1. The van der Waals surface area contributed by atoms with Crippen LogP contribution in [0, 0.1) is 0 Å². The van der Waals surface area contributed by atoms with E-state index in [0.29, 0.717) is 6.42 Å². The lowest BCUT2D eigenvalue weighted by atomic mass is 9.95. The molecule has 0 aliphatic carbocycles. The molecule has 4 heteroatoms. The SMILES string of the molecule is CCO/C(O)=C1\C(=O)OC(C)CC1=Cc1ccccc1. The second-order valence-corrected chi connectivity index (χ2v) is 4.61. The molecule has 4 nitrogen and oxygen atoms in total. The fourth-order valence-corrected chi connectivity index (χ4v) is 2.14. The van der Waals surface area contributed by atoms with E-state index >= 15 is 0 Å². The monoisotopic (exact) mass is 274 g/mol. The Balaban J connectivity index is 2.42. The minimum atomic E-state index is -0.545. The van der Waals surface area contributed by atoms with Crippen LogP contribution in [0.5, 0.6) is 0 Å². The molecule has 1 aliphatic rings. The van der Waals surface area contributed by atoms with Gasteiger partial charge in [0, 0.05) is 6.42 Å². The molecule has 0 spiro atoms. The Morgan fingerprint density at radius 3 is 2.80 bits per heavy atom. The normalized spacial score (nSPS) is 23.4. The number of esters is 1. The van der Waals surface area contributed by atoms with E-state index in [4.69, 9.17) is 9.47 Å². The lowest BCUT2D eigenvalue weighted by Crippen LogP contribution is -2.26. The highest BCUT2D eigenvalue weighted by Gasteiger charge is 2.30. The molecule has 20 heavy (non-hydrogen) atoms. The summed E-state index contributed by atoms with van der Waals surface area (Å²) >= 11 is 0. The van der Waals surface area contributed by atoms with Gasteiger partial charge in [0.15, 0.2) is 0 Å². The van der Waals surface area contributed by atoms with Crippen LogP contribution in [0.4, 0.5) is 0 Å². The second-order valence-electron chi connectivity index (χ2n) is 4.61. The number of hydrogen-bond donors (Lipinski definition) is 1. The molecular formula is C16H18O4. The van der Waals surface area contributed by atoms with Gasteiger partial charge < -0.3 is 14.6 Å². The summed E-state index contributed by atoms with van der Waals surface area (Å²) in [4.78, 5) is 12.0. The highest BCUT2D eigenvalue weighted by atomic mass is 16.6. The summed E-state index contributed by atoms with van der Waals surface area (Å²) < 4.78 is 10.2. The summed E-state index contributed by atoms with van der Waals surface area (Å²) in [5.74, 6) is -0.913. The third-order valence-electron chi connectivity index (χ3n) is 2.98. The molecule has 1 aliphatic heterocycles. The van der Waals surface area contributed by atoms with Gasteiger partial charge in [-0.3, -0.25) is 0 Å². The van der Waals surface area contributed by atoms with Crippen LogP contribution < -0.4 is 0 Å². The van der Waals surface area contributed by atoms with E-state index in [1.165, 1.54) is 0 Å². The molecule has 0 aromatic heterocycles. The number of aliphatic hydroxyl groups is 1. The highest BCUT2D eigenvalue weighted by molar-refractivity contribution is 5.96. The molecule has 0 amide bonds. The van der Waals surface area contributed by atoms with Crippen molar-refractivity contribution >= 4 is 12.0 Å². The van der Waals surface area contributed by atoms with Gasteiger partial charge in [-0.15, -0.1) is 0 Å². The zero-order valence-electron chi connectivity index (χ0n) is 11.6. The van der Waals surface area contributed by atoms with Crippen molar-refractivity contribution in [2.45, 2.75) is 26.4 Å². The zero-order chi connectivity index (χ0) is 14.5. The van der Waals surface area contributed by atoms with Gasteiger partial charge in [-0.25, -0.2) is 4.79 Å². The first-order chi connectivity index (χ1) is 9.61. The number of rotatable bonds is 3. The number of hydrogen-bond acceptors (Lipinski definition) is 4. The molecule has 106 valence electrons. The average Bonchev–Trinajstić information content (AvgIpc) is 2.39. The molecule has 1 saturated heterocycles. The van der Waals surface area contributed by atoms with Crippen LogP contribution in [-0.2, 0) is 14.3 Å². The lowest BCUT2D eigenvalue weighted by Gasteiger charge is -2.24. The van der Waals surface area contributed by atoms with Gasteiger partial charge in [0.2, 0.25) is 0 Å². The average molecular weight is 274 g/mol. The minimum absolute atomic E-state index is 0.119. The minimum Gasteiger partial charge on any atom is -0.480 e. The smallest absolute Gasteiger partial charge is 0.345 e. The first-order valence-corrected chi connectivity index (χ1v) is 6.64. The maximum absolute atomic E-state index is 12.0. The van der Waals surface area contributed by atoms with Crippen LogP contribution in [0.2, 0.25) is 0 Å². The van der Waals surface area contributed by atoms with Crippen molar-refractivity contribution in [3.63, 3.8) is 0 Å². The van der Waals surface area contributed by atoms with E-state index in [1.807, 2.05) is 43.3 Å². The summed E-state index contributed by atoms with van der Waals surface area (Å²) in [6.07, 6.45) is 2.21. The van der Waals surface area contributed by atoms with Crippen molar-refractivity contribution in [3.8, 4) is 0 Å². The highest BCUT2D eigenvalue weighted by Crippen LogP contribution is 2.29. The molecule has 1 aromatic rings. The first kappa shape index (κ1) is 14.2. The summed E-state index contributed by atoms with van der Waals surface area (Å²) in [6, 6.07) is 9.64. The molecule has 1 unspecified atom stereocenters. The van der Waals surface area contributed by atoms with Gasteiger partial charge in [0.25, 0.3) is 5.95 Å². The van der Waals surface area contributed by atoms with Crippen LogP contribution in [0.15, 0.2) is 47.4 Å². The Morgan fingerprint density at radius 1 is 1.45 bits per heavy atom. The third-order valence-corrected chi connectivity index (χ3v) is 2.98. The van der Waals surface area contributed by atoms with Crippen LogP contribution in [-0.4, -0.2) is 23.8 Å². The van der Waals surface area contributed by atoms with E-state index in [-0.39, 0.29) is 24.2 Å². The van der Waals surface area contributed by atoms with E-state index in [0.717, 1.165) is 11.1 Å². The van der Waals surface area contributed by atoms with Crippen molar-refractivity contribution in [1.82, 2.24) is 0 Å². The maximum atomic E-state index is 12.0. The molecular weight excluding hydrogens is 256 g/mol. The maximum Gasteiger partial charge on any atom is 0.345 e. The van der Waals surface area contributed by atoms with E-state index in [2.05, 4.69) is 0 Å².